The van der Waals surface area contributed by atoms with Crippen LogP contribution in [0.3, 0.4) is 0 Å². The number of hydrogen-bond acceptors (Lipinski definition) is 5. The molecule has 2 aromatic rings. The summed E-state index contributed by atoms with van der Waals surface area (Å²) in [7, 11) is -0.0768. The largest absolute Gasteiger partial charge is 0.495 e. The minimum absolute atomic E-state index is 0.135. The molecule has 2 aromatic carbocycles. The van der Waals surface area contributed by atoms with Gasteiger partial charge in [0.2, 0.25) is 0 Å². The van der Waals surface area contributed by atoms with Crippen molar-refractivity contribution in [1.29, 1.82) is 0 Å². The number of ether oxygens (including phenoxy) is 1. The van der Waals surface area contributed by atoms with Crippen LogP contribution in [-0.2, 0) is 21.3 Å². The summed E-state index contributed by atoms with van der Waals surface area (Å²) in [4.78, 5) is 17.1. The molecule has 0 bridgehead atoms. The minimum atomic E-state index is -3.95. The predicted octanol–water partition coefficient (Wildman–Crippen LogP) is 2.16. The fourth-order valence-electron chi connectivity index (χ4n) is 2.56. The Morgan fingerprint density at radius 1 is 1.15 bits per heavy atom. The zero-order chi connectivity index (χ0) is 20.0. The number of hydroxylamine groups is 1. The fourth-order valence-corrected chi connectivity index (χ4v) is 3.71. The lowest BCUT2D eigenvalue weighted by molar-refractivity contribution is -0.0259. The van der Waals surface area contributed by atoms with Gasteiger partial charge in [-0.05, 0) is 42.7 Å². The summed E-state index contributed by atoms with van der Waals surface area (Å²) in [6, 6.07) is 12.2. The lowest BCUT2D eigenvalue weighted by atomic mass is 10.1. The van der Waals surface area contributed by atoms with Gasteiger partial charge in [0, 0.05) is 19.2 Å². The SMILES string of the molecule is COc1ccc(C(=O)NCCc2ccccc2C)cc1S(=O)(=O)N(C)OC. The number of carbonyl (C=O) groups excluding carboxylic acids is 1. The first kappa shape index (κ1) is 20.9. The maximum absolute atomic E-state index is 12.5. The summed E-state index contributed by atoms with van der Waals surface area (Å²) in [6.45, 7) is 2.46. The number of nitrogens with one attached hydrogen (secondary N) is 1. The Hall–Kier alpha value is -2.42. The van der Waals surface area contributed by atoms with E-state index >= 15 is 0 Å². The quantitative estimate of drug-likeness (QED) is 0.696. The highest BCUT2D eigenvalue weighted by molar-refractivity contribution is 7.89. The molecule has 0 saturated heterocycles. The highest BCUT2D eigenvalue weighted by atomic mass is 32.2. The van der Waals surface area contributed by atoms with Gasteiger partial charge in [-0.15, -0.1) is 0 Å². The number of carbonyl (C=O) groups is 1. The van der Waals surface area contributed by atoms with Crippen molar-refractivity contribution >= 4 is 15.9 Å². The summed E-state index contributed by atoms with van der Waals surface area (Å²) in [5.74, 6) is -0.224. The van der Waals surface area contributed by atoms with E-state index in [4.69, 9.17) is 9.57 Å². The van der Waals surface area contributed by atoms with E-state index in [-0.39, 0.29) is 22.1 Å². The number of rotatable bonds is 8. The number of hydrogen-bond donors (Lipinski definition) is 1. The van der Waals surface area contributed by atoms with E-state index in [0.29, 0.717) is 17.4 Å². The van der Waals surface area contributed by atoms with Gasteiger partial charge in [-0.25, -0.2) is 8.42 Å². The third-order valence-electron chi connectivity index (χ3n) is 4.24. The van der Waals surface area contributed by atoms with Crippen LogP contribution < -0.4 is 10.1 Å². The lowest BCUT2D eigenvalue weighted by Crippen LogP contribution is -2.28. The first-order valence-electron chi connectivity index (χ1n) is 8.35. The summed E-state index contributed by atoms with van der Waals surface area (Å²) < 4.78 is 30.9. The number of aryl methyl sites for hydroxylation is 1. The van der Waals surface area contributed by atoms with Crippen molar-refractivity contribution in [3.05, 3.63) is 59.2 Å². The number of benzene rings is 2. The zero-order valence-corrected chi connectivity index (χ0v) is 16.7. The molecule has 0 aliphatic heterocycles. The van der Waals surface area contributed by atoms with Crippen LogP contribution >= 0.6 is 0 Å². The van der Waals surface area contributed by atoms with Crippen LogP contribution in [0.15, 0.2) is 47.4 Å². The first-order valence-corrected chi connectivity index (χ1v) is 9.79. The monoisotopic (exact) mass is 392 g/mol. The molecule has 8 heteroatoms. The average molecular weight is 392 g/mol. The number of sulfonamides is 1. The number of nitrogens with zero attached hydrogens (tertiary/aromatic N) is 1. The molecule has 0 heterocycles. The van der Waals surface area contributed by atoms with Crippen LogP contribution in [0.1, 0.15) is 21.5 Å². The smallest absolute Gasteiger partial charge is 0.268 e. The van der Waals surface area contributed by atoms with E-state index in [1.807, 2.05) is 31.2 Å². The van der Waals surface area contributed by atoms with Gasteiger partial charge in [-0.2, -0.15) is 0 Å². The van der Waals surface area contributed by atoms with Crippen molar-refractivity contribution in [2.24, 2.45) is 0 Å². The molecule has 1 amide bonds. The highest BCUT2D eigenvalue weighted by Crippen LogP contribution is 2.27. The Balaban J connectivity index is 2.17. The molecule has 0 aromatic heterocycles. The van der Waals surface area contributed by atoms with E-state index in [2.05, 4.69) is 5.32 Å². The molecule has 146 valence electrons. The molecule has 1 N–H and O–H groups in total. The molecule has 0 atom stereocenters. The Bertz CT molecular complexity index is 912. The van der Waals surface area contributed by atoms with Crippen LogP contribution in [-0.4, -0.2) is 46.6 Å². The Kier molecular flexibility index (Phi) is 6.95. The molecule has 27 heavy (non-hydrogen) atoms. The van der Waals surface area contributed by atoms with Crippen molar-refractivity contribution < 1.29 is 22.8 Å². The molecule has 0 aliphatic rings. The second kappa shape index (κ2) is 8.98. The Morgan fingerprint density at radius 2 is 1.85 bits per heavy atom. The minimum Gasteiger partial charge on any atom is -0.495 e. The Morgan fingerprint density at radius 3 is 2.48 bits per heavy atom. The molecular formula is C19H24N2O5S. The van der Waals surface area contributed by atoms with Gasteiger partial charge in [0.15, 0.2) is 0 Å². The number of amides is 1. The lowest BCUT2D eigenvalue weighted by Gasteiger charge is -2.17. The van der Waals surface area contributed by atoms with Gasteiger partial charge in [0.05, 0.1) is 14.2 Å². The third kappa shape index (κ3) is 4.85. The second-order valence-corrected chi connectivity index (χ2v) is 7.80. The molecule has 7 nitrogen and oxygen atoms in total. The van der Waals surface area contributed by atoms with Gasteiger partial charge in [-0.3, -0.25) is 9.63 Å². The first-order chi connectivity index (χ1) is 12.8. The number of methoxy groups -OCH3 is 1. The van der Waals surface area contributed by atoms with Gasteiger partial charge in [0.25, 0.3) is 15.9 Å². The molecule has 0 fully saturated rings. The van der Waals surface area contributed by atoms with Gasteiger partial charge in [-0.1, -0.05) is 28.7 Å². The van der Waals surface area contributed by atoms with Crippen LogP contribution in [0, 0.1) is 6.92 Å². The standard InChI is InChI=1S/C19H24N2O5S/c1-14-7-5-6-8-15(14)11-12-20-19(22)16-9-10-17(25-3)18(13-16)27(23,24)21(2)26-4/h5-10,13H,11-12H2,1-4H3,(H,20,22). The van der Waals surface area contributed by atoms with E-state index < -0.39 is 10.0 Å². The molecule has 2 rings (SSSR count). The summed E-state index contributed by atoms with van der Waals surface area (Å²) in [5, 5.41) is 2.81. The van der Waals surface area contributed by atoms with Crippen LogP contribution in [0.25, 0.3) is 0 Å². The molecule has 0 unspecified atom stereocenters. The third-order valence-corrected chi connectivity index (χ3v) is 5.94. The van der Waals surface area contributed by atoms with Crippen LogP contribution in [0.4, 0.5) is 0 Å². The van der Waals surface area contributed by atoms with E-state index in [0.717, 1.165) is 11.1 Å². The van der Waals surface area contributed by atoms with Crippen LogP contribution in [0.2, 0.25) is 0 Å². The normalized spacial score (nSPS) is 11.4. The van der Waals surface area contributed by atoms with Crippen molar-refractivity contribution in [3.8, 4) is 5.75 Å². The molecule has 0 radical (unpaired) electrons. The predicted molar refractivity (Wildman–Crippen MR) is 102 cm³/mol. The average Bonchev–Trinajstić information content (AvgIpc) is 2.68. The van der Waals surface area contributed by atoms with Crippen molar-refractivity contribution in [2.75, 3.05) is 27.8 Å². The summed E-state index contributed by atoms with van der Waals surface area (Å²) in [6.07, 6.45) is 0.687. The van der Waals surface area contributed by atoms with Crippen molar-refractivity contribution in [2.45, 2.75) is 18.2 Å². The van der Waals surface area contributed by atoms with E-state index in [1.165, 1.54) is 39.5 Å². The van der Waals surface area contributed by atoms with Gasteiger partial charge >= 0.3 is 0 Å². The Labute approximate surface area is 159 Å². The van der Waals surface area contributed by atoms with E-state index in [1.54, 1.807) is 0 Å². The summed E-state index contributed by atoms with van der Waals surface area (Å²) in [5.41, 5.74) is 2.54. The maximum Gasteiger partial charge on any atom is 0.268 e. The van der Waals surface area contributed by atoms with E-state index in [9.17, 15) is 13.2 Å². The van der Waals surface area contributed by atoms with Crippen molar-refractivity contribution in [1.82, 2.24) is 9.79 Å². The van der Waals surface area contributed by atoms with Gasteiger partial charge in [0.1, 0.15) is 10.6 Å². The molecule has 0 spiro atoms. The fraction of sp³-hybridized carbons (Fsp3) is 0.316. The topological polar surface area (TPSA) is 84.9 Å². The molecular weight excluding hydrogens is 368 g/mol. The summed E-state index contributed by atoms with van der Waals surface area (Å²) >= 11 is 0. The maximum atomic E-state index is 12.5. The van der Waals surface area contributed by atoms with Crippen LogP contribution in [0.5, 0.6) is 5.75 Å². The zero-order valence-electron chi connectivity index (χ0n) is 15.9. The molecule has 0 aliphatic carbocycles. The highest BCUT2D eigenvalue weighted by Gasteiger charge is 2.26. The van der Waals surface area contributed by atoms with Crippen molar-refractivity contribution in [3.63, 3.8) is 0 Å². The second-order valence-electron chi connectivity index (χ2n) is 5.90. The molecule has 0 saturated carbocycles. The van der Waals surface area contributed by atoms with Gasteiger partial charge < -0.3 is 10.1 Å².